The number of hydrogen-bond donors (Lipinski definition) is 1. The molecule has 1 fully saturated rings. The van der Waals surface area contributed by atoms with Crippen molar-refractivity contribution < 1.29 is 4.74 Å². The molecule has 1 aromatic rings. The molecular weight excluding hydrogens is 260 g/mol. The predicted molar refractivity (Wildman–Crippen MR) is 59.7 cm³/mol. The van der Waals surface area contributed by atoms with E-state index in [4.69, 9.17) is 4.74 Å². The highest BCUT2D eigenvalue weighted by Gasteiger charge is 2.32. The van der Waals surface area contributed by atoms with Crippen LogP contribution in [0.3, 0.4) is 0 Å². The molecule has 4 nitrogen and oxygen atoms in total. The number of aromatic amines is 1. The number of H-pyrrole nitrogens is 1. The first kappa shape index (κ1) is 10.8. The second kappa shape index (κ2) is 4.06. The fraction of sp³-hybridized carbons (Fsp3) is 0.600. The van der Waals surface area contributed by atoms with E-state index in [0.717, 1.165) is 25.9 Å². The van der Waals surface area contributed by atoms with E-state index in [1.807, 2.05) is 6.92 Å². The Labute approximate surface area is 96.2 Å². The Bertz CT molecular complexity index is 410. The monoisotopic (exact) mass is 272 g/mol. The van der Waals surface area contributed by atoms with Gasteiger partial charge >= 0.3 is 0 Å². The Balaban J connectivity index is 2.35. The van der Waals surface area contributed by atoms with Gasteiger partial charge in [0.25, 0.3) is 5.56 Å². The molecule has 15 heavy (non-hydrogen) atoms. The van der Waals surface area contributed by atoms with Crippen molar-refractivity contribution in [2.45, 2.75) is 31.8 Å². The van der Waals surface area contributed by atoms with Gasteiger partial charge in [-0.2, -0.15) is 0 Å². The normalized spacial score (nSPS) is 26.5. The van der Waals surface area contributed by atoms with Crippen molar-refractivity contribution >= 4 is 15.9 Å². The lowest BCUT2D eigenvalue weighted by molar-refractivity contribution is -0.0762. The molecule has 0 bridgehead atoms. The Morgan fingerprint density at radius 2 is 2.40 bits per heavy atom. The topological polar surface area (TPSA) is 55.0 Å². The van der Waals surface area contributed by atoms with Gasteiger partial charge in [0, 0.05) is 12.8 Å². The molecule has 1 aliphatic heterocycles. The van der Waals surface area contributed by atoms with Crippen molar-refractivity contribution in [2.24, 2.45) is 0 Å². The first-order valence-electron chi connectivity index (χ1n) is 5.01. The lowest BCUT2D eigenvalue weighted by Crippen LogP contribution is -2.34. The van der Waals surface area contributed by atoms with E-state index in [2.05, 4.69) is 25.9 Å². The van der Waals surface area contributed by atoms with Crippen LogP contribution in [0.2, 0.25) is 0 Å². The van der Waals surface area contributed by atoms with Crippen molar-refractivity contribution in [2.75, 3.05) is 6.61 Å². The van der Waals surface area contributed by atoms with E-state index in [9.17, 15) is 4.79 Å². The quantitative estimate of drug-likeness (QED) is 0.850. The van der Waals surface area contributed by atoms with E-state index in [-0.39, 0.29) is 5.56 Å². The maximum atomic E-state index is 11.4. The zero-order chi connectivity index (χ0) is 10.9. The van der Waals surface area contributed by atoms with Gasteiger partial charge in [0.15, 0.2) is 0 Å². The van der Waals surface area contributed by atoms with Crippen LogP contribution in [0.5, 0.6) is 0 Å². The highest BCUT2D eigenvalue weighted by Crippen LogP contribution is 2.31. The zero-order valence-electron chi connectivity index (χ0n) is 8.55. The largest absolute Gasteiger partial charge is 0.367 e. The second-order valence-electron chi connectivity index (χ2n) is 3.95. The number of nitrogens with one attached hydrogen (secondary N) is 1. The number of hydrogen-bond acceptors (Lipinski definition) is 3. The van der Waals surface area contributed by atoms with Crippen LogP contribution in [0.4, 0.5) is 0 Å². The van der Waals surface area contributed by atoms with Crippen molar-refractivity contribution in [3.05, 3.63) is 26.8 Å². The minimum Gasteiger partial charge on any atom is -0.367 e. The Hall–Kier alpha value is -0.680. The summed E-state index contributed by atoms with van der Waals surface area (Å²) < 4.78 is 6.15. The highest BCUT2D eigenvalue weighted by molar-refractivity contribution is 9.10. The number of halogens is 1. The average molecular weight is 273 g/mol. The minimum atomic E-state index is -0.432. The summed E-state index contributed by atoms with van der Waals surface area (Å²) in [6.45, 7) is 2.70. The lowest BCUT2D eigenvalue weighted by Gasteiger charge is -2.32. The fourth-order valence-electron chi connectivity index (χ4n) is 1.77. The van der Waals surface area contributed by atoms with Gasteiger partial charge in [-0.05, 0) is 42.1 Å². The lowest BCUT2D eigenvalue weighted by atomic mass is 9.95. The number of rotatable bonds is 1. The molecule has 0 spiro atoms. The average Bonchev–Trinajstić information content (AvgIpc) is 2.23. The van der Waals surface area contributed by atoms with Crippen molar-refractivity contribution in [3.63, 3.8) is 0 Å². The van der Waals surface area contributed by atoms with Gasteiger partial charge in [0.1, 0.15) is 15.9 Å². The van der Waals surface area contributed by atoms with Crippen LogP contribution in [-0.4, -0.2) is 16.6 Å². The molecule has 5 heteroatoms. The molecule has 1 aromatic heterocycles. The van der Waals surface area contributed by atoms with Crippen LogP contribution in [-0.2, 0) is 10.3 Å². The molecule has 1 saturated heterocycles. The summed E-state index contributed by atoms with van der Waals surface area (Å²) in [5, 5.41) is 0. The Morgan fingerprint density at radius 3 is 3.00 bits per heavy atom. The number of nitrogens with zero attached hydrogens (tertiary/aromatic N) is 1. The minimum absolute atomic E-state index is 0.157. The molecule has 1 atom stereocenters. The third kappa shape index (κ3) is 2.13. The van der Waals surface area contributed by atoms with E-state index in [1.165, 1.54) is 6.20 Å². The molecule has 1 N–H and O–H groups in total. The van der Waals surface area contributed by atoms with Crippen molar-refractivity contribution in [1.82, 2.24) is 9.97 Å². The molecule has 2 rings (SSSR count). The summed E-state index contributed by atoms with van der Waals surface area (Å²) in [4.78, 5) is 18.4. The Morgan fingerprint density at radius 1 is 1.60 bits per heavy atom. The van der Waals surface area contributed by atoms with E-state index in [0.29, 0.717) is 10.3 Å². The van der Waals surface area contributed by atoms with Crippen LogP contribution in [0.1, 0.15) is 32.0 Å². The van der Waals surface area contributed by atoms with Gasteiger partial charge in [0.2, 0.25) is 0 Å². The highest BCUT2D eigenvalue weighted by atomic mass is 79.9. The van der Waals surface area contributed by atoms with Crippen LogP contribution >= 0.6 is 15.9 Å². The van der Waals surface area contributed by atoms with E-state index < -0.39 is 5.60 Å². The first-order chi connectivity index (χ1) is 7.12. The third-order valence-corrected chi connectivity index (χ3v) is 3.29. The van der Waals surface area contributed by atoms with Crippen LogP contribution < -0.4 is 5.56 Å². The van der Waals surface area contributed by atoms with Gasteiger partial charge in [0.05, 0.1) is 0 Å². The summed E-state index contributed by atoms with van der Waals surface area (Å²) in [6.07, 6.45) is 4.61. The standard InChI is InChI=1S/C10H13BrN2O2/c1-10(4-2-3-5-15-10)9-12-6-7(11)8(14)13-9/h6H,2-5H2,1H3,(H,12,13,14). The van der Waals surface area contributed by atoms with Crippen molar-refractivity contribution in [1.29, 1.82) is 0 Å². The molecule has 0 saturated carbocycles. The predicted octanol–water partition coefficient (Wildman–Crippen LogP) is 1.95. The molecule has 0 amide bonds. The number of aromatic nitrogens is 2. The fourth-order valence-corrected chi connectivity index (χ4v) is 1.97. The maximum absolute atomic E-state index is 11.4. The molecular formula is C10H13BrN2O2. The SMILES string of the molecule is CC1(c2ncc(Br)c(=O)[nH]2)CCCCO1. The molecule has 1 unspecified atom stereocenters. The molecule has 2 heterocycles. The van der Waals surface area contributed by atoms with Gasteiger partial charge < -0.3 is 9.72 Å². The third-order valence-electron chi connectivity index (χ3n) is 2.73. The molecule has 0 aromatic carbocycles. The molecule has 0 radical (unpaired) electrons. The first-order valence-corrected chi connectivity index (χ1v) is 5.80. The van der Waals surface area contributed by atoms with Gasteiger partial charge in [-0.3, -0.25) is 4.79 Å². The van der Waals surface area contributed by atoms with Crippen LogP contribution in [0, 0.1) is 0 Å². The smallest absolute Gasteiger partial charge is 0.265 e. The summed E-state index contributed by atoms with van der Waals surface area (Å²) in [5.74, 6) is 0.621. The van der Waals surface area contributed by atoms with E-state index >= 15 is 0 Å². The molecule has 0 aliphatic carbocycles. The summed E-state index contributed by atoms with van der Waals surface area (Å²) in [7, 11) is 0. The van der Waals surface area contributed by atoms with E-state index in [1.54, 1.807) is 0 Å². The van der Waals surface area contributed by atoms with Gasteiger partial charge in [-0.25, -0.2) is 4.98 Å². The van der Waals surface area contributed by atoms with Gasteiger partial charge in [-0.15, -0.1) is 0 Å². The van der Waals surface area contributed by atoms with Crippen LogP contribution in [0.25, 0.3) is 0 Å². The zero-order valence-corrected chi connectivity index (χ0v) is 10.1. The Kier molecular flexibility index (Phi) is 2.93. The molecule has 82 valence electrons. The summed E-state index contributed by atoms with van der Waals surface area (Å²) in [5.41, 5.74) is -0.589. The second-order valence-corrected chi connectivity index (χ2v) is 4.80. The van der Waals surface area contributed by atoms with Gasteiger partial charge in [-0.1, -0.05) is 0 Å². The summed E-state index contributed by atoms with van der Waals surface area (Å²) >= 11 is 3.12. The molecule has 1 aliphatic rings. The maximum Gasteiger partial charge on any atom is 0.265 e. The van der Waals surface area contributed by atoms with Crippen LogP contribution in [0.15, 0.2) is 15.5 Å². The van der Waals surface area contributed by atoms with Crippen molar-refractivity contribution in [3.8, 4) is 0 Å². The summed E-state index contributed by atoms with van der Waals surface area (Å²) in [6, 6.07) is 0. The number of ether oxygens (including phenoxy) is 1.